The van der Waals surface area contributed by atoms with Gasteiger partial charge in [-0.15, -0.1) is 0 Å². The van der Waals surface area contributed by atoms with Crippen molar-refractivity contribution in [2.75, 3.05) is 0 Å². The van der Waals surface area contributed by atoms with Crippen molar-refractivity contribution in [1.29, 1.82) is 5.41 Å². The van der Waals surface area contributed by atoms with Gasteiger partial charge in [0, 0.05) is 5.71 Å². The van der Waals surface area contributed by atoms with E-state index in [9.17, 15) is 0 Å². The van der Waals surface area contributed by atoms with Crippen LogP contribution in [0.2, 0.25) is 0 Å². The van der Waals surface area contributed by atoms with Crippen molar-refractivity contribution in [3.05, 3.63) is 0 Å². The van der Waals surface area contributed by atoms with Crippen LogP contribution in [0.25, 0.3) is 0 Å². The Labute approximate surface area is 82.4 Å². The normalized spacial score (nSPS) is 30.2. The molecule has 1 aliphatic carbocycles. The van der Waals surface area contributed by atoms with Crippen LogP contribution in [0.3, 0.4) is 0 Å². The van der Waals surface area contributed by atoms with Crippen molar-refractivity contribution < 1.29 is 0 Å². The fraction of sp³-hybridized carbons (Fsp3) is 0.917. The van der Waals surface area contributed by atoms with E-state index in [1.54, 1.807) is 0 Å². The highest BCUT2D eigenvalue weighted by molar-refractivity contribution is 5.81. The lowest BCUT2D eigenvalue weighted by atomic mass is 9.69. The summed E-state index contributed by atoms with van der Waals surface area (Å²) in [5, 5.41) is 7.61. The minimum absolute atomic E-state index is 0.473. The molecule has 1 saturated carbocycles. The average molecular weight is 181 g/mol. The molecule has 0 saturated heterocycles. The van der Waals surface area contributed by atoms with Gasteiger partial charge in [-0.2, -0.15) is 0 Å². The van der Waals surface area contributed by atoms with Gasteiger partial charge < -0.3 is 5.41 Å². The largest absolute Gasteiger partial charge is 0.310 e. The average Bonchev–Trinajstić information content (AvgIpc) is 2.03. The monoisotopic (exact) mass is 181 g/mol. The molecular weight excluding hydrogens is 158 g/mol. The molecule has 0 heterocycles. The van der Waals surface area contributed by atoms with Gasteiger partial charge in [0.1, 0.15) is 0 Å². The minimum Gasteiger partial charge on any atom is -0.310 e. The first-order valence-electron chi connectivity index (χ1n) is 5.46. The molecule has 0 radical (unpaired) electrons. The fourth-order valence-corrected chi connectivity index (χ4v) is 2.39. The molecule has 1 nitrogen and oxygen atoms in total. The van der Waals surface area contributed by atoms with Gasteiger partial charge in [-0.25, -0.2) is 0 Å². The SMILES string of the molecule is CC(=N)C1CCC(C(C)(C)C)CC1. The number of hydrogen-bond donors (Lipinski definition) is 1. The Morgan fingerprint density at radius 1 is 1.08 bits per heavy atom. The lowest BCUT2D eigenvalue weighted by molar-refractivity contribution is 0.166. The minimum atomic E-state index is 0.473. The summed E-state index contributed by atoms with van der Waals surface area (Å²) in [4.78, 5) is 0. The molecule has 1 fully saturated rings. The second-order valence-corrected chi connectivity index (χ2v) is 5.60. The van der Waals surface area contributed by atoms with Crippen LogP contribution in [0.15, 0.2) is 0 Å². The van der Waals surface area contributed by atoms with Crippen LogP contribution in [-0.2, 0) is 0 Å². The molecule has 1 N–H and O–H groups in total. The smallest absolute Gasteiger partial charge is 0.00891 e. The predicted octanol–water partition coefficient (Wildman–Crippen LogP) is 3.88. The summed E-state index contributed by atoms with van der Waals surface area (Å²) in [6.07, 6.45) is 5.14. The van der Waals surface area contributed by atoms with Gasteiger partial charge in [0.05, 0.1) is 0 Å². The van der Waals surface area contributed by atoms with E-state index in [1.807, 2.05) is 6.92 Å². The van der Waals surface area contributed by atoms with E-state index in [-0.39, 0.29) is 0 Å². The molecule has 0 aromatic rings. The molecule has 0 atom stereocenters. The van der Waals surface area contributed by atoms with Crippen molar-refractivity contribution >= 4 is 5.71 Å². The van der Waals surface area contributed by atoms with E-state index in [1.165, 1.54) is 25.7 Å². The number of rotatable bonds is 1. The molecule has 0 aromatic carbocycles. The first-order chi connectivity index (χ1) is 5.91. The lowest BCUT2D eigenvalue weighted by Crippen LogP contribution is -2.27. The number of nitrogens with one attached hydrogen (secondary N) is 1. The van der Waals surface area contributed by atoms with Gasteiger partial charge in [-0.05, 0) is 49.9 Å². The molecule has 1 heteroatoms. The van der Waals surface area contributed by atoms with Crippen LogP contribution >= 0.6 is 0 Å². The van der Waals surface area contributed by atoms with Crippen LogP contribution in [0.1, 0.15) is 53.4 Å². The third-order valence-electron chi connectivity index (χ3n) is 3.56. The van der Waals surface area contributed by atoms with E-state index in [2.05, 4.69) is 20.8 Å². The van der Waals surface area contributed by atoms with Gasteiger partial charge in [-0.1, -0.05) is 20.8 Å². The highest BCUT2D eigenvalue weighted by Crippen LogP contribution is 2.39. The highest BCUT2D eigenvalue weighted by Gasteiger charge is 2.29. The van der Waals surface area contributed by atoms with Crippen LogP contribution in [-0.4, -0.2) is 5.71 Å². The highest BCUT2D eigenvalue weighted by atomic mass is 14.4. The Morgan fingerprint density at radius 2 is 1.54 bits per heavy atom. The summed E-state index contributed by atoms with van der Waals surface area (Å²) >= 11 is 0. The Morgan fingerprint density at radius 3 is 1.85 bits per heavy atom. The Bertz CT molecular complexity index is 180. The zero-order chi connectivity index (χ0) is 10.1. The predicted molar refractivity (Wildman–Crippen MR) is 58.3 cm³/mol. The summed E-state index contributed by atoms with van der Waals surface area (Å²) in [5.41, 5.74) is 1.37. The van der Waals surface area contributed by atoms with Crippen molar-refractivity contribution in [2.45, 2.75) is 53.4 Å². The second-order valence-electron chi connectivity index (χ2n) is 5.60. The molecule has 0 amide bonds. The fourth-order valence-electron chi connectivity index (χ4n) is 2.39. The third kappa shape index (κ3) is 2.82. The maximum atomic E-state index is 7.61. The van der Waals surface area contributed by atoms with Crippen molar-refractivity contribution in [2.24, 2.45) is 17.3 Å². The lowest BCUT2D eigenvalue weighted by Gasteiger charge is -2.36. The molecule has 0 aromatic heterocycles. The van der Waals surface area contributed by atoms with E-state index < -0.39 is 0 Å². The van der Waals surface area contributed by atoms with E-state index >= 15 is 0 Å². The van der Waals surface area contributed by atoms with E-state index in [0.29, 0.717) is 11.3 Å². The maximum Gasteiger partial charge on any atom is 0.00891 e. The molecule has 0 spiro atoms. The molecule has 0 bridgehead atoms. The molecule has 1 aliphatic rings. The standard InChI is InChI=1S/C12H23N/c1-9(13)10-5-7-11(8-6-10)12(2,3)4/h10-11,13H,5-8H2,1-4H3. The first-order valence-corrected chi connectivity index (χ1v) is 5.46. The van der Waals surface area contributed by atoms with Crippen LogP contribution in [0.4, 0.5) is 0 Å². The summed E-state index contributed by atoms with van der Waals surface area (Å²) in [7, 11) is 0. The van der Waals surface area contributed by atoms with Crippen LogP contribution < -0.4 is 0 Å². The number of hydrogen-bond acceptors (Lipinski definition) is 1. The molecule has 0 unspecified atom stereocenters. The van der Waals surface area contributed by atoms with Crippen LogP contribution in [0, 0.1) is 22.7 Å². The summed E-state index contributed by atoms with van der Waals surface area (Å²) in [6.45, 7) is 8.99. The summed E-state index contributed by atoms with van der Waals surface area (Å²) in [6, 6.07) is 0. The summed E-state index contributed by atoms with van der Waals surface area (Å²) in [5.74, 6) is 1.47. The van der Waals surface area contributed by atoms with Gasteiger partial charge in [0.2, 0.25) is 0 Å². The molecular formula is C12H23N. The second kappa shape index (κ2) is 3.81. The van der Waals surface area contributed by atoms with E-state index in [4.69, 9.17) is 5.41 Å². The van der Waals surface area contributed by atoms with E-state index in [0.717, 1.165) is 11.6 Å². The first kappa shape index (κ1) is 10.7. The quantitative estimate of drug-likeness (QED) is 0.594. The third-order valence-corrected chi connectivity index (χ3v) is 3.56. The van der Waals surface area contributed by atoms with Crippen molar-refractivity contribution in [3.8, 4) is 0 Å². The molecule has 0 aliphatic heterocycles. The van der Waals surface area contributed by atoms with Gasteiger partial charge in [-0.3, -0.25) is 0 Å². The molecule has 13 heavy (non-hydrogen) atoms. The topological polar surface area (TPSA) is 23.9 Å². The Hall–Kier alpha value is -0.330. The van der Waals surface area contributed by atoms with Gasteiger partial charge in [0.25, 0.3) is 0 Å². The molecule has 76 valence electrons. The zero-order valence-electron chi connectivity index (χ0n) is 9.48. The van der Waals surface area contributed by atoms with Crippen molar-refractivity contribution in [3.63, 3.8) is 0 Å². The Balaban J connectivity index is 2.44. The Kier molecular flexibility index (Phi) is 3.15. The maximum absolute atomic E-state index is 7.61. The zero-order valence-corrected chi connectivity index (χ0v) is 9.48. The molecule has 1 rings (SSSR count). The van der Waals surface area contributed by atoms with Crippen molar-refractivity contribution in [1.82, 2.24) is 0 Å². The summed E-state index contributed by atoms with van der Waals surface area (Å²) < 4.78 is 0. The van der Waals surface area contributed by atoms with Crippen LogP contribution in [0.5, 0.6) is 0 Å². The van der Waals surface area contributed by atoms with Gasteiger partial charge in [0.15, 0.2) is 0 Å². The van der Waals surface area contributed by atoms with Gasteiger partial charge >= 0.3 is 0 Å².